The predicted octanol–water partition coefficient (Wildman–Crippen LogP) is 4.30. The van der Waals surface area contributed by atoms with Gasteiger partial charge < -0.3 is 14.9 Å². The van der Waals surface area contributed by atoms with E-state index in [0.717, 1.165) is 4.90 Å². The largest absolute Gasteiger partial charge is 0.481 e. The maximum atomic E-state index is 14.3. The van der Waals surface area contributed by atoms with Crippen LogP contribution in [0.4, 0.5) is 10.5 Å². The zero-order valence-corrected chi connectivity index (χ0v) is 22.4. The monoisotopic (exact) mass is 566 g/mol. The van der Waals surface area contributed by atoms with E-state index < -0.39 is 41.2 Å². The number of anilines is 1. The number of carboxylic acid groups (broad SMARTS) is 1. The highest BCUT2D eigenvalue weighted by Gasteiger charge is 2.65. The number of carboxylic acids is 1. The van der Waals surface area contributed by atoms with Crippen LogP contribution >= 0.6 is 23.2 Å². The minimum absolute atomic E-state index is 0.0881. The van der Waals surface area contributed by atoms with Crippen LogP contribution in [0, 0.1) is 23.2 Å². The molecule has 39 heavy (non-hydrogen) atoms. The lowest BCUT2D eigenvalue weighted by molar-refractivity contribution is -0.150. The van der Waals surface area contributed by atoms with Gasteiger partial charge in [0.1, 0.15) is 5.54 Å². The second kappa shape index (κ2) is 10.0. The smallest absolute Gasteiger partial charge is 0.332 e. The highest BCUT2D eigenvalue weighted by Crippen LogP contribution is 2.47. The van der Waals surface area contributed by atoms with Crippen LogP contribution < -0.4 is 4.90 Å². The highest BCUT2D eigenvalue weighted by atomic mass is 35.5. The molecular formula is C28H24Cl2N4O5. The predicted molar refractivity (Wildman–Crippen MR) is 143 cm³/mol. The molecule has 2 heterocycles. The van der Waals surface area contributed by atoms with E-state index in [1.165, 1.54) is 35.0 Å². The van der Waals surface area contributed by atoms with E-state index in [9.17, 15) is 29.5 Å². The molecule has 0 saturated carbocycles. The van der Waals surface area contributed by atoms with E-state index in [0.29, 0.717) is 11.1 Å². The SMILES string of the molecule is CN1C(=O)N(c2cc(Cl)cc(Cl)c2)C(=O)[C@]12CN(C(=O)[C@H]1CC=CC[C@H]1C(=O)O)C[C@H]2c1ccc(C#N)cc1. The number of halogens is 2. The number of urea groups is 1. The van der Waals surface area contributed by atoms with Gasteiger partial charge in [0.15, 0.2) is 0 Å². The minimum atomic E-state index is -1.47. The maximum Gasteiger partial charge on any atom is 0.332 e. The summed E-state index contributed by atoms with van der Waals surface area (Å²) in [5, 5.41) is 19.5. The molecule has 4 atom stereocenters. The molecule has 0 unspecified atom stereocenters. The topological polar surface area (TPSA) is 122 Å². The second-order valence-electron chi connectivity index (χ2n) is 10.0. The van der Waals surface area contributed by atoms with Crippen molar-refractivity contribution in [2.45, 2.75) is 24.3 Å². The summed E-state index contributed by atoms with van der Waals surface area (Å²) in [4.78, 5) is 57.5. The Morgan fingerprint density at radius 1 is 1.03 bits per heavy atom. The van der Waals surface area contributed by atoms with Gasteiger partial charge in [0.25, 0.3) is 5.91 Å². The molecule has 2 aromatic carbocycles. The van der Waals surface area contributed by atoms with Gasteiger partial charge in [-0.25, -0.2) is 9.69 Å². The quantitative estimate of drug-likeness (QED) is 0.435. The van der Waals surface area contributed by atoms with E-state index in [2.05, 4.69) is 6.07 Å². The molecule has 4 amide bonds. The van der Waals surface area contributed by atoms with Crippen LogP contribution in [0.3, 0.4) is 0 Å². The summed E-state index contributed by atoms with van der Waals surface area (Å²) in [6.45, 7) is -0.0281. The summed E-state index contributed by atoms with van der Waals surface area (Å²) in [7, 11) is 1.51. The number of nitrogens with zero attached hydrogens (tertiary/aromatic N) is 4. The zero-order valence-electron chi connectivity index (χ0n) is 20.9. The number of rotatable bonds is 4. The van der Waals surface area contributed by atoms with Crippen LogP contribution in [0.15, 0.2) is 54.6 Å². The number of benzene rings is 2. The van der Waals surface area contributed by atoms with E-state index in [1.54, 1.807) is 36.4 Å². The van der Waals surface area contributed by atoms with Gasteiger partial charge in [0, 0.05) is 29.6 Å². The average Bonchev–Trinajstić information content (AvgIpc) is 3.40. The van der Waals surface area contributed by atoms with Gasteiger partial charge in [-0.1, -0.05) is 47.5 Å². The van der Waals surface area contributed by atoms with Crippen molar-refractivity contribution in [3.8, 4) is 6.07 Å². The van der Waals surface area contributed by atoms with Gasteiger partial charge in [-0.15, -0.1) is 0 Å². The number of amides is 4. The number of likely N-dealkylation sites (tertiary alicyclic amines) is 1. The third kappa shape index (κ3) is 4.34. The van der Waals surface area contributed by atoms with Gasteiger partial charge >= 0.3 is 12.0 Å². The molecule has 9 nitrogen and oxygen atoms in total. The van der Waals surface area contributed by atoms with Crippen molar-refractivity contribution >= 4 is 52.7 Å². The summed E-state index contributed by atoms with van der Waals surface area (Å²) in [6, 6.07) is 12.6. The molecule has 2 aliphatic heterocycles. The summed E-state index contributed by atoms with van der Waals surface area (Å²) in [5.41, 5.74) is -0.173. The van der Waals surface area contributed by atoms with Crippen LogP contribution in [0.25, 0.3) is 0 Å². The molecule has 2 aromatic rings. The Kier molecular flexibility index (Phi) is 6.87. The number of allylic oxidation sites excluding steroid dienone is 2. The Morgan fingerprint density at radius 2 is 1.64 bits per heavy atom. The normalized spacial score (nSPS) is 26.4. The first-order chi connectivity index (χ1) is 18.6. The molecule has 3 aliphatic rings. The first-order valence-corrected chi connectivity index (χ1v) is 13.1. The molecule has 1 spiro atoms. The lowest BCUT2D eigenvalue weighted by Gasteiger charge is -2.34. The summed E-state index contributed by atoms with van der Waals surface area (Å²) >= 11 is 12.3. The number of carbonyl (C=O) groups excluding carboxylic acids is 3. The molecule has 11 heteroatoms. The fourth-order valence-electron chi connectivity index (χ4n) is 5.97. The minimum Gasteiger partial charge on any atom is -0.481 e. The molecule has 5 rings (SSSR count). The van der Waals surface area contributed by atoms with Gasteiger partial charge in [-0.3, -0.25) is 14.4 Å². The molecule has 0 aromatic heterocycles. The Labute approximate surface area is 234 Å². The van der Waals surface area contributed by atoms with Gasteiger partial charge in [0.2, 0.25) is 5.91 Å². The third-order valence-electron chi connectivity index (χ3n) is 7.99. The molecule has 0 radical (unpaired) electrons. The van der Waals surface area contributed by atoms with Crippen LogP contribution in [0.2, 0.25) is 10.0 Å². The van der Waals surface area contributed by atoms with Gasteiger partial charge in [-0.2, -0.15) is 5.26 Å². The van der Waals surface area contributed by atoms with Crippen molar-refractivity contribution in [1.29, 1.82) is 5.26 Å². The Morgan fingerprint density at radius 3 is 2.23 bits per heavy atom. The van der Waals surface area contributed by atoms with Gasteiger partial charge in [-0.05, 0) is 48.7 Å². The molecule has 2 saturated heterocycles. The van der Waals surface area contributed by atoms with E-state index in [1.807, 2.05) is 0 Å². The van der Waals surface area contributed by atoms with Crippen LogP contribution in [0.5, 0.6) is 0 Å². The Bertz CT molecular complexity index is 1430. The van der Waals surface area contributed by atoms with Crippen molar-refractivity contribution in [3.05, 3.63) is 75.8 Å². The summed E-state index contributed by atoms with van der Waals surface area (Å²) < 4.78 is 0. The number of aliphatic carboxylic acids is 1. The number of imide groups is 1. The number of carbonyl (C=O) groups is 4. The Balaban J connectivity index is 1.59. The molecule has 200 valence electrons. The standard InChI is InChI=1S/C28H24Cl2N4O5/c1-32-27(39)34(20-11-18(29)10-19(30)12-20)26(38)28(32)15-33(14-23(28)17-8-6-16(13-31)7-9-17)24(35)21-4-2-3-5-22(21)25(36)37/h2-3,6-12,21-23H,4-5,14-15H2,1H3,(H,36,37)/t21-,22+,23-,28+/m0/s1. The number of likely N-dealkylation sites (N-methyl/N-ethyl adjacent to an activating group) is 1. The van der Waals surface area contributed by atoms with Crippen molar-refractivity contribution in [3.63, 3.8) is 0 Å². The lowest BCUT2D eigenvalue weighted by Crippen LogP contribution is -2.54. The maximum absolute atomic E-state index is 14.3. The van der Waals surface area contributed by atoms with E-state index in [4.69, 9.17) is 23.2 Å². The van der Waals surface area contributed by atoms with E-state index >= 15 is 0 Å². The molecule has 1 aliphatic carbocycles. The fourth-order valence-corrected chi connectivity index (χ4v) is 6.48. The van der Waals surface area contributed by atoms with Crippen molar-refractivity contribution in [2.24, 2.45) is 11.8 Å². The lowest BCUT2D eigenvalue weighted by atomic mass is 9.80. The van der Waals surface area contributed by atoms with Crippen LogP contribution in [-0.4, -0.2) is 64.4 Å². The number of nitriles is 1. The summed E-state index contributed by atoms with van der Waals surface area (Å²) in [6.07, 6.45) is 4.07. The first kappa shape index (κ1) is 26.7. The molecular weight excluding hydrogens is 543 g/mol. The van der Waals surface area contributed by atoms with Crippen molar-refractivity contribution in [1.82, 2.24) is 9.80 Å². The van der Waals surface area contributed by atoms with Crippen molar-refractivity contribution in [2.75, 3.05) is 25.0 Å². The molecule has 0 bridgehead atoms. The van der Waals surface area contributed by atoms with E-state index in [-0.39, 0.29) is 47.6 Å². The van der Waals surface area contributed by atoms with Crippen LogP contribution in [0.1, 0.15) is 29.9 Å². The fraction of sp³-hybridized carbons (Fsp3) is 0.321. The summed E-state index contributed by atoms with van der Waals surface area (Å²) in [5.74, 6) is -4.28. The highest BCUT2D eigenvalue weighted by molar-refractivity contribution is 6.35. The second-order valence-corrected chi connectivity index (χ2v) is 10.9. The average molecular weight is 567 g/mol. The van der Waals surface area contributed by atoms with Gasteiger partial charge in [0.05, 0.1) is 35.7 Å². The molecule has 2 fully saturated rings. The van der Waals surface area contributed by atoms with Crippen molar-refractivity contribution < 1.29 is 24.3 Å². The number of hydrogen-bond acceptors (Lipinski definition) is 5. The zero-order chi connectivity index (χ0) is 28.1. The van der Waals surface area contributed by atoms with Crippen LogP contribution in [-0.2, 0) is 14.4 Å². The Hall–Kier alpha value is -3.87. The first-order valence-electron chi connectivity index (χ1n) is 12.3. The molecule has 1 N–H and O–H groups in total. The third-order valence-corrected chi connectivity index (χ3v) is 8.42. The number of hydrogen-bond donors (Lipinski definition) is 1.